The first kappa shape index (κ1) is 18.5. The molecule has 1 aliphatic heterocycles. The minimum Gasteiger partial charge on any atom is -0.353 e. The highest BCUT2D eigenvalue weighted by Gasteiger charge is 2.26. The fraction of sp³-hybridized carbons (Fsp3) is 0.600. The summed E-state index contributed by atoms with van der Waals surface area (Å²) in [6, 6.07) is 10.1. The second-order valence-corrected chi connectivity index (χ2v) is 7.13. The van der Waals surface area contributed by atoms with Crippen LogP contribution in [0.15, 0.2) is 30.3 Å². The van der Waals surface area contributed by atoms with Gasteiger partial charge in [-0.1, -0.05) is 51.1 Å². The zero-order chi connectivity index (χ0) is 17.5. The third-order valence-electron chi connectivity index (χ3n) is 4.70. The molecule has 0 radical (unpaired) electrons. The Morgan fingerprint density at radius 2 is 1.79 bits per heavy atom. The predicted octanol–water partition coefficient (Wildman–Crippen LogP) is 3.33. The molecule has 1 aromatic rings. The molecule has 1 atom stereocenters. The largest absolute Gasteiger partial charge is 0.353 e. The topological polar surface area (TPSA) is 49.4 Å². The summed E-state index contributed by atoms with van der Waals surface area (Å²) >= 11 is 0. The first-order valence-corrected chi connectivity index (χ1v) is 9.14. The van der Waals surface area contributed by atoms with Gasteiger partial charge in [0, 0.05) is 25.6 Å². The highest BCUT2D eigenvalue weighted by molar-refractivity contribution is 5.84. The molecule has 0 aromatic heterocycles. The van der Waals surface area contributed by atoms with E-state index in [4.69, 9.17) is 0 Å². The molecule has 0 spiro atoms. The molecular weight excluding hydrogens is 300 g/mol. The van der Waals surface area contributed by atoms with E-state index in [0.717, 1.165) is 37.9 Å². The average Bonchev–Trinajstić information content (AvgIpc) is 2.56. The SMILES string of the molecule is CCC(C(=O)NC1CCN(C(=O)CC(C)C)CC1)c1ccccc1. The monoisotopic (exact) mass is 330 g/mol. The van der Waals surface area contributed by atoms with E-state index in [1.165, 1.54) is 0 Å². The second kappa shape index (κ2) is 8.86. The Morgan fingerprint density at radius 1 is 1.17 bits per heavy atom. The van der Waals surface area contributed by atoms with Crippen molar-refractivity contribution in [2.75, 3.05) is 13.1 Å². The number of carbonyl (C=O) groups is 2. The molecule has 1 unspecified atom stereocenters. The van der Waals surface area contributed by atoms with Gasteiger partial charge in [0.25, 0.3) is 0 Å². The summed E-state index contributed by atoms with van der Waals surface area (Å²) in [5.41, 5.74) is 1.07. The highest BCUT2D eigenvalue weighted by Crippen LogP contribution is 2.21. The summed E-state index contributed by atoms with van der Waals surface area (Å²) < 4.78 is 0. The quantitative estimate of drug-likeness (QED) is 0.870. The number of amides is 2. The molecule has 1 N–H and O–H groups in total. The lowest BCUT2D eigenvalue weighted by molar-refractivity contribution is -0.133. The maximum atomic E-state index is 12.6. The van der Waals surface area contributed by atoms with Crippen molar-refractivity contribution in [2.24, 2.45) is 5.92 Å². The van der Waals surface area contributed by atoms with E-state index in [2.05, 4.69) is 19.2 Å². The number of rotatable bonds is 6. The molecule has 0 bridgehead atoms. The van der Waals surface area contributed by atoms with Crippen molar-refractivity contribution in [3.8, 4) is 0 Å². The van der Waals surface area contributed by atoms with Gasteiger partial charge in [0.1, 0.15) is 0 Å². The van der Waals surface area contributed by atoms with Crippen LogP contribution in [0.5, 0.6) is 0 Å². The molecule has 24 heavy (non-hydrogen) atoms. The lowest BCUT2D eigenvalue weighted by Crippen LogP contribution is -2.47. The smallest absolute Gasteiger partial charge is 0.227 e. The number of carbonyl (C=O) groups excluding carboxylic acids is 2. The van der Waals surface area contributed by atoms with Gasteiger partial charge in [0.2, 0.25) is 11.8 Å². The summed E-state index contributed by atoms with van der Waals surface area (Å²) in [6.07, 6.45) is 3.10. The fourth-order valence-corrected chi connectivity index (χ4v) is 3.31. The molecule has 132 valence electrons. The third-order valence-corrected chi connectivity index (χ3v) is 4.70. The van der Waals surface area contributed by atoms with Gasteiger partial charge in [-0.05, 0) is 30.7 Å². The summed E-state index contributed by atoms with van der Waals surface area (Å²) in [6.45, 7) is 7.68. The predicted molar refractivity (Wildman–Crippen MR) is 96.7 cm³/mol. The van der Waals surface area contributed by atoms with Crippen LogP contribution in [0.2, 0.25) is 0 Å². The Labute approximate surface area is 145 Å². The maximum Gasteiger partial charge on any atom is 0.227 e. The van der Waals surface area contributed by atoms with Gasteiger partial charge < -0.3 is 10.2 Å². The zero-order valence-corrected chi connectivity index (χ0v) is 15.1. The van der Waals surface area contributed by atoms with Crippen LogP contribution in [0.3, 0.4) is 0 Å². The molecule has 1 heterocycles. The Morgan fingerprint density at radius 3 is 2.33 bits per heavy atom. The van der Waals surface area contributed by atoms with Crippen molar-refractivity contribution in [1.82, 2.24) is 10.2 Å². The van der Waals surface area contributed by atoms with Crippen molar-refractivity contribution < 1.29 is 9.59 Å². The lowest BCUT2D eigenvalue weighted by atomic mass is 9.94. The molecule has 1 fully saturated rings. The molecule has 0 saturated carbocycles. The third kappa shape index (κ3) is 5.08. The van der Waals surface area contributed by atoms with Gasteiger partial charge in [-0.3, -0.25) is 9.59 Å². The molecule has 2 rings (SSSR count). The van der Waals surface area contributed by atoms with Crippen LogP contribution in [-0.4, -0.2) is 35.8 Å². The van der Waals surface area contributed by atoms with E-state index >= 15 is 0 Å². The van der Waals surface area contributed by atoms with E-state index in [0.29, 0.717) is 12.3 Å². The van der Waals surface area contributed by atoms with Gasteiger partial charge in [-0.25, -0.2) is 0 Å². The number of nitrogens with one attached hydrogen (secondary N) is 1. The standard InChI is InChI=1S/C20H30N2O2/c1-4-18(16-8-6-5-7-9-16)20(24)21-17-10-12-22(13-11-17)19(23)14-15(2)3/h5-9,15,17-18H,4,10-14H2,1-3H3,(H,21,24). The van der Waals surface area contributed by atoms with Crippen LogP contribution in [-0.2, 0) is 9.59 Å². The average molecular weight is 330 g/mol. The molecule has 4 nitrogen and oxygen atoms in total. The van der Waals surface area contributed by atoms with Gasteiger partial charge in [-0.2, -0.15) is 0 Å². The number of hydrogen-bond donors (Lipinski definition) is 1. The Bertz CT molecular complexity index is 534. The van der Waals surface area contributed by atoms with Crippen LogP contribution in [0.4, 0.5) is 0 Å². The van der Waals surface area contributed by atoms with E-state index < -0.39 is 0 Å². The summed E-state index contributed by atoms with van der Waals surface area (Å²) in [5, 5.41) is 3.19. The first-order valence-electron chi connectivity index (χ1n) is 9.14. The summed E-state index contributed by atoms with van der Waals surface area (Å²) in [5.74, 6) is 0.652. The fourth-order valence-electron chi connectivity index (χ4n) is 3.31. The summed E-state index contributed by atoms with van der Waals surface area (Å²) in [4.78, 5) is 26.7. The number of benzene rings is 1. The van der Waals surface area contributed by atoms with Gasteiger partial charge in [-0.15, -0.1) is 0 Å². The van der Waals surface area contributed by atoms with Gasteiger partial charge in [0.05, 0.1) is 5.92 Å². The molecule has 1 saturated heterocycles. The zero-order valence-electron chi connectivity index (χ0n) is 15.1. The molecule has 4 heteroatoms. The Balaban J connectivity index is 1.84. The van der Waals surface area contributed by atoms with E-state index in [1.807, 2.05) is 42.2 Å². The van der Waals surface area contributed by atoms with Crippen molar-refractivity contribution in [3.63, 3.8) is 0 Å². The van der Waals surface area contributed by atoms with Crippen molar-refractivity contribution >= 4 is 11.8 Å². The molecule has 2 amide bonds. The molecule has 1 aromatic carbocycles. The lowest BCUT2D eigenvalue weighted by Gasteiger charge is -2.33. The van der Waals surface area contributed by atoms with E-state index in [9.17, 15) is 9.59 Å². The number of piperidine rings is 1. The van der Waals surface area contributed by atoms with Crippen LogP contribution < -0.4 is 5.32 Å². The van der Waals surface area contributed by atoms with Gasteiger partial charge >= 0.3 is 0 Å². The molecule has 1 aliphatic rings. The first-order chi connectivity index (χ1) is 11.5. The summed E-state index contributed by atoms with van der Waals surface area (Å²) in [7, 11) is 0. The van der Waals surface area contributed by atoms with Crippen LogP contribution in [0, 0.1) is 5.92 Å². The number of nitrogens with zero attached hydrogens (tertiary/aromatic N) is 1. The van der Waals surface area contributed by atoms with Crippen molar-refractivity contribution in [3.05, 3.63) is 35.9 Å². The number of hydrogen-bond acceptors (Lipinski definition) is 2. The second-order valence-electron chi connectivity index (χ2n) is 7.13. The minimum atomic E-state index is -0.0909. The van der Waals surface area contributed by atoms with Crippen molar-refractivity contribution in [2.45, 2.75) is 58.4 Å². The molecule has 0 aliphatic carbocycles. The van der Waals surface area contributed by atoms with Crippen LogP contribution >= 0.6 is 0 Å². The van der Waals surface area contributed by atoms with Crippen LogP contribution in [0.1, 0.15) is 57.9 Å². The van der Waals surface area contributed by atoms with Gasteiger partial charge in [0.15, 0.2) is 0 Å². The normalized spacial score (nSPS) is 16.9. The molecular formula is C20H30N2O2. The number of likely N-dealkylation sites (tertiary alicyclic amines) is 1. The Kier molecular flexibility index (Phi) is 6.83. The van der Waals surface area contributed by atoms with E-state index in [1.54, 1.807) is 0 Å². The minimum absolute atomic E-state index is 0.0909. The Hall–Kier alpha value is -1.84. The van der Waals surface area contributed by atoms with E-state index in [-0.39, 0.29) is 23.8 Å². The maximum absolute atomic E-state index is 12.6. The van der Waals surface area contributed by atoms with Crippen LogP contribution in [0.25, 0.3) is 0 Å². The highest BCUT2D eigenvalue weighted by atomic mass is 16.2. The van der Waals surface area contributed by atoms with Crippen molar-refractivity contribution in [1.29, 1.82) is 0 Å².